The van der Waals surface area contributed by atoms with Crippen LogP contribution in [0, 0.1) is 11.7 Å². The van der Waals surface area contributed by atoms with Crippen molar-refractivity contribution in [3.63, 3.8) is 0 Å². The third-order valence-electron chi connectivity index (χ3n) is 3.07. The molecule has 19 heavy (non-hydrogen) atoms. The molecule has 0 saturated heterocycles. The van der Waals surface area contributed by atoms with Gasteiger partial charge in [0, 0.05) is 10.8 Å². The topological polar surface area (TPSA) is 17.1 Å². The van der Waals surface area contributed by atoms with Crippen molar-refractivity contribution in [2.45, 2.75) is 12.8 Å². The van der Waals surface area contributed by atoms with Crippen LogP contribution >= 0.6 is 34.5 Å². The van der Waals surface area contributed by atoms with Crippen molar-refractivity contribution in [3.05, 3.63) is 45.0 Å². The molecule has 0 N–H and O–H groups in total. The second kappa shape index (κ2) is 4.89. The summed E-state index contributed by atoms with van der Waals surface area (Å²) in [7, 11) is 0. The molecule has 98 valence electrons. The van der Waals surface area contributed by atoms with Crippen LogP contribution in [-0.2, 0) is 0 Å². The highest BCUT2D eigenvalue weighted by molar-refractivity contribution is 7.17. The van der Waals surface area contributed by atoms with E-state index in [-0.39, 0.29) is 21.7 Å². The monoisotopic (exact) mass is 314 g/mol. The fraction of sp³-hybridized carbons (Fsp3) is 0.214. The summed E-state index contributed by atoms with van der Waals surface area (Å²) in [6.45, 7) is 0. The Labute approximate surface area is 124 Å². The summed E-state index contributed by atoms with van der Waals surface area (Å²) >= 11 is 13.0. The lowest BCUT2D eigenvalue weighted by Gasteiger charge is -2.02. The normalized spacial score (nSPS) is 14.7. The number of carbonyl (C=O) groups excluding carboxylic acids is 1. The van der Waals surface area contributed by atoms with Gasteiger partial charge in [-0.3, -0.25) is 4.79 Å². The van der Waals surface area contributed by atoms with Crippen LogP contribution in [0.5, 0.6) is 0 Å². The highest BCUT2D eigenvalue weighted by Crippen LogP contribution is 2.38. The number of benzene rings is 1. The summed E-state index contributed by atoms with van der Waals surface area (Å²) in [5.41, 5.74) is 0.733. The van der Waals surface area contributed by atoms with Crippen LogP contribution in [0.3, 0.4) is 0 Å². The molecule has 0 aliphatic heterocycles. The largest absolute Gasteiger partial charge is 0.293 e. The van der Waals surface area contributed by atoms with E-state index in [1.54, 1.807) is 0 Å². The molecule has 2 aromatic rings. The van der Waals surface area contributed by atoms with Gasteiger partial charge in [-0.2, -0.15) is 0 Å². The van der Waals surface area contributed by atoms with E-state index in [1.165, 1.54) is 23.5 Å². The average Bonchev–Trinajstić information content (AvgIpc) is 3.11. The van der Waals surface area contributed by atoms with Gasteiger partial charge in [0.2, 0.25) is 0 Å². The summed E-state index contributed by atoms with van der Waals surface area (Å²) in [5, 5.41) is -0.0167. The fourth-order valence-electron chi connectivity index (χ4n) is 1.87. The molecule has 1 heterocycles. The standard InChI is InChI=1S/C14H9Cl2FOS/c15-9-5-8(6-10(16)13(9)17)11-3-4-12(19-11)14(18)7-1-2-7/h3-7H,1-2H2. The molecule has 1 aliphatic carbocycles. The molecule has 3 rings (SSSR count). The summed E-state index contributed by atoms with van der Waals surface area (Å²) in [5.74, 6) is -0.208. The average molecular weight is 315 g/mol. The number of hydrogen-bond acceptors (Lipinski definition) is 2. The fourth-order valence-corrected chi connectivity index (χ4v) is 3.37. The molecule has 1 aromatic carbocycles. The number of carbonyl (C=O) groups is 1. The summed E-state index contributed by atoms with van der Waals surface area (Å²) in [6.07, 6.45) is 1.97. The second-order valence-electron chi connectivity index (χ2n) is 4.56. The van der Waals surface area contributed by atoms with Crippen LogP contribution in [0.25, 0.3) is 10.4 Å². The van der Waals surface area contributed by atoms with Gasteiger partial charge in [0.15, 0.2) is 11.6 Å². The number of ketones is 1. The van der Waals surface area contributed by atoms with Gasteiger partial charge in [-0.1, -0.05) is 23.2 Å². The minimum atomic E-state index is -0.613. The van der Waals surface area contributed by atoms with Gasteiger partial charge in [0.25, 0.3) is 0 Å². The maximum atomic E-state index is 13.4. The molecular weight excluding hydrogens is 306 g/mol. The zero-order chi connectivity index (χ0) is 13.6. The third kappa shape index (κ3) is 2.55. The Morgan fingerprint density at radius 2 is 1.84 bits per heavy atom. The van der Waals surface area contributed by atoms with Crippen molar-refractivity contribution in [1.82, 2.24) is 0 Å². The number of Topliss-reactive ketones (excluding diaryl/α,β-unsaturated/α-hetero) is 1. The van der Waals surface area contributed by atoms with Gasteiger partial charge in [-0.15, -0.1) is 11.3 Å². The number of hydrogen-bond donors (Lipinski definition) is 0. The van der Waals surface area contributed by atoms with Crippen LogP contribution < -0.4 is 0 Å². The molecule has 0 amide bonds. The van der Waals surface area contributed by atoms with E-state index in [2.05, 4.69) is 0 Å². The molecule has 5 heteroatoms. The predicted molar refractivity (Wildman–Crippen MR) is 76.8 cm³/mol. The molecule has 0 unspecified atom stereocenters. The lowest BCUT2D eigenvalue weighted by molar-refractivity contribution is 0.0971. The van der Waals surface area contributed by atoms with E-state index in [0.29, 0.717) is 0 Å². The smallest absolute Gasteiger partial charge is 0.175 e. The first-order valence-electron chi connectivity index (χ1n) is 5.85. The van der Waals surface area contributed by atoms with Crippen LogP contribution in [0.2, 0.25) is 10.0 Å². The van der Waals surface area contributed by atoms with Crippen molar-refractivity contribution in [2.24, 2.45) is 5.92 Å². The van der Waals surface area contributed by atoms with E-state index < -0.39 is 5.82 Å². The SMILES string of the molecule is O=C(c1ccc(-c2cc(Cl)c(F)c(Cl)c2)s1)C1CC1. The van der Waals surface area contributed by atoms with Gasteiger partial charge >= 0.3 is 0 Å². The Morgan fingerprint density at radius 1 is 1.21 bits per heavy atom. The zero-order valence-electron chi connectivity index (χ0n) is 9.75. The van der Waals surface area contributed by atoms with Gasteiger partial charge in [-0.05, 0) is 42.7 Å². The predicted octanol–water partition coefficient (Wildman–Crippen LogP) is 5.45. The quantitative estimate of drug-likeness (QED) is 0.543. The van der Waals surface area contributed by atoms with Gasteiger partial charge in [-0.25, -0.2) is 4.39 Å². The Hall–Kier alpha value is -0.900. The van der Waals surface area contributed by atoms with Crippen molar-refractivity contribution >= 4 is 40.3 Å². The third-order valence-corrected chi connectivity index (χ3v) is 4.76. The summed E-state index contributed by atoms with van der Waals surface area (Å²) in [4.78, 5) is 13.6. The van der Waals surface area contributed by atoms with Crippen molar-refractivity contribution < 1.29 is 9.18 Å². The Balaban J connectivity index is 1.96. The number of rotatable bonds is 3. The van der Waals surface area contributed by atoms with E-state index in [9.17, 15) is 9.18 Å². The molecule has 1 saturated carbocycles. The molecule has 0 radical (unpaired) electrons. The maximum Gasteiger partial charge on any atom is 0.175 e. The summed E-state index contributed by atoms with van der Waals surface area (Å²) < 4.78 is 13.4. The number of thiophene rings is 1. The minimum absolute atomic E-state index is 0.00836. The maximum absolute atomic E-state index is 13.4. The van der Waals surface area contributed by atoms with Crippen molar-refractivity contribution in [3.8, 4) is 10.4 Å². The van der Waals surface area contributed by atoms with Crippen LogP contribution in [-0.4, -0.2) is 5.78 Å². The Bertz CT molecular complexity index is 638. The van der Waals surface area contributed by atoms with Crippen LogP contribution in [0.1, 0.15) is 22.5 Å². The molecule has 1 aliphatic rings. The Morgan fingerprint density at radius 3 is 2.42 bits per heavy atom. The highest BCUT2D eigenvalue weighted by Gasteiger charge is 2.31. The lowest BCUT2D eigenvalue weighted by atomic mass is 10.2. The number of halogens is 3. The molecule has 1 aromatic heterocycles. The van der Waals surface area contributed by atoms with E-state index in [4.69, 9.17) is 23.2 Å². The molecule has 0 atom stereocenters. The van der Waals surface area contributed by atoms with Crippen LogP contribution in [0.4, 0.5) is 4.39 Å². The molecule has 0 bridgehead atoms. The van der Waals surface area contributed by atoms with Gasteiger partial charge < -0.3 is 0 Å². The first-order valence-corrected chi connectivity index (χ1v) is 7.42. The first-order chi connectivity index (χ1) is 9.06. The van der Waals surface area contributed by atoms with E-state index in [1.807, 2.05) is 12.1 Å². The van der Waals surface area contributed by atoms with E-state index in [0.717, 1.165) is 28.2 Å². The lowest BCUT2D eigenvalue weighted by Crippen LogP contribution is -1.96. The van der Waals surface area contributed by atoms with Crippen LogP contribution in [0.15, 0.2) is 24.3 Å². The van der Waals surface area contributed by atoms with Gasteiger partial charge in [0.05, 0.1) is 14.9 Å². The molecular formula is C14H9Cl2FOS. The molecule has 1 nitrogen and oxygen atoms in total. The van der Waals surface area contributed by atoms with E-state index >= 15 is 0 Å². The summed E-state index contributed by atoms with van der Waals surface area (Å²) in [6, 6.07) is 6.71. The van der Waals surface area contributed by atoms with Gasteiger partial charge in [0.1, 0.15) is 0 Å². The second-order valence-corrected chi connectivity index (χ2v) is 6.45. The molecule has 0 spiro atoms. The Kier molecular flexibility index (Phi) is 3.37. The first kappa shape index (κ1) is 13.1. The van der Waals surface area contributed by atoms with Crippen molar-refractivity contribution in [1.29, 1.82) is 0 Å². The minimum Gasteiger partial charge on any atom is -0.293 e. The molecule has 1 fully saturated rings. The zero-order valence-corrected chi connectivity index (χ0v) is 12.1. The highest BCUT2D eigenvalue weighted by atomic mass is 35.5. The van der Waals surface area contributed by atoms with Crippen molar-refractivity contribution in [2.75, 3.05) is 0 Å².